The Bertz CT molecular complexity index is 1470. The van der Waals surface area contributed by atoms with Crippen molar-refractivity contribution >= 4 is 33.4 Å². The third kappa shape index (κ3) is 4.03. The monoisotopic (exact) mass is 465 g/mol. The van der Waals surface area contributed by atoms with Crippen molar-refractivity contribution in [3.05, 3.63) is 101 Å². The molecule has 0 saturated carbocycles. The summed E-state index contributed by atoms with van der Waals surface area (Å²) in [6.07, 6.45) is 0. The van der Waals surface area contributed by atoms with Crippen molar-refractivity contribution in [3.8, 4) is 16.8 Å². The van der Waals surface area contributed by atoms with Crippen molar-refractivity contribution in [2.45, 2.75) is 52.4 Å². The van der Waals surface area contributed by atoms with Crippen molar-refractivity contribution in [3.63, 3.8) is 0 Å². The Labute approximate surface area is 208 Å². The second-order valence-corrected chi connectivity index (χ2v) is 11.8. The van der Waals surface area contributed by atoms with Crippen LogP contribution in [0.25, 0.3) is 38.6 Å². The zero-order valence-electron chi connectivity index (χ0n) is 20.9. The van der Waals surface area contributed by atoms with E-state index in [1.165, 1.54) is 49.7 Å². The standard InChI is InChI=1S/C32H32ClN/c1-31(2,3)23-18-24(32(4,5)6)20-26(19-23)34-29-10-8-7-9-27(29)28-17-22(13-16-30(28)34)21-11-14-25(33)15-12-21/h7-20H,1-6H3. The molecule has 4 aromatic carbocycles. The first-order chi connectivity index (χ1) is 16.0. The van der Waals surface area contributed by atoms with Gasteiger partial charge in [0.1, 0.15) is 0 Å². The number of aromatic nitrogens is 1. The summed E-state index contributed by atoms with van der Waals surface area (Å²) in [5, 5.41) is 3.29. The highest BCUT2D eigenvalue weighted by atomic mass is 35.5. The lowest BCUT2D eigenvalue weighted by atomic mass is 9.80. The molecule has 0 aliphatic heterocycles. The van der Waals surface area contributed by atoms with Crippen LogP contribution in [-0.2, 0) is 10.8 Å². The Morgan fingerprint density at radius 3 is 1.74 bits per heavy atom. The normalized spacial score (nSPS) is 12.6. The molecule has 0 saturated heterocycles. The van der Waals surface area contributed by atoms with Crippen LogP contribution in [-0.4, -0.2) is 4.57 Å². The minimum atomic E-state index is 0.0660. The van der Waals surface area contributed by atoms with E-state index in [2.05, 4.69) is 119 Å². The number of hydrogen-bond donors (Lipinski definition) is 0. The highest BCUT2D eigenvalue weighted by molar-refractivity contribution is 6.30. The zero-order chi connectivity index (χ0) is 24.3. The minimum Gasteiger partial charge on any atom is -0.309 e. The van der Waals surface area contributed by atoms with E-state index in [1.807, 2.05) is 12.1 Å². The van der Waals surface area contributed by atoms with Crippen LogP contribution in [0.15, 0.2) is 84.9 Å². The Hall–Kier alpha value is -3.03. The number of hydrogen-bond acceptors (Lipinski definition) is 0. The van der Waals surface area contributed by atoms with Gasteiger partial charge >= 0.3 is 0 Å². The van der Waals surface area contributed by atoms with Crippen LogP contribution in [0.5, 0.6) is 0 Å². The zero-order valence-corrected chi connectivity index (χ0v) is 21.7. The third-order valence-corrected chi connectivity index (χ3v) is 7.01. The van der Waals surface area contributed by atoms with E-state index >= 15 is 0 Å². The van der Waals surface area contributed by atoms with Gasteiger partial charge in [0.2, 0.25) is 0 Å². The van der Waals surface area contributed by atoms with Gasteiger partial charge in [-0.15, -0.1) is 0 Å². The van der Waals surface area contributed by atoms with Gasteiger partial charge in [-0.05, 0) is 75.5 Å². The third-order valence-electron chi connectivity index (χ3n) is 6.76. The van der Waals surface area contributed by atoms with Crippen LogP contribution in [0.1, 0.15) is 52.7 Å². The fourth-order valence-electron chi connectivity index (χ4n) is 4.68. The highest BCUT2D eigenvalue weighted by Gasteiger charge is 2.22. The van der Waals surface area contributed by atoms with E-state index in [1.54, 1.807) is 0 Å². The molecule has 0 aliphatic carbocycles. The molecular formula is C32H32ClN. The molecule has 5 rings (SSSR count). The Morgan fingerprint density at radius 1 is 0.559 bits per heavy atom. The average molecular weight is 466 g/mol. The highest BCUT2D eigenvalue weighted by Crippen LogP contribution is 2.38. The van der Waals surface area contributed by atoms with Gasteiger partial charge in [0.05, 0.1) is 11.0 Å². The Balaban J connectivity index is 1.81. The lowest BCUT2D eigenvalue weighted by Crippen LogP contribution is -2.17. The first-order valence-corrected chi connectivity index (χ1v) is 12.4. The largest absolute Gasteiger partial charge is 0.309 e. The topological polar surface area (TPSA) is 4.93 Å². The quantitative estimate of drug-likeness (QED) is 0.244. The molecule has 0 atom stereocenters. The summed E-state index contributed by atoms with van der Waals surface area (Å²) in [5.41, 5.74) is 8.91. The molecule has 34 heavy (non-hydrogen) atoms. The van der Waals surface area contributed by atoms with Gasteiger partial charge in [-0.2, -0.15) is 0 Å². The van der Waals surface area contributed by atoms with Crippen LogP contribution >= 0.6 is 11.6 Å². The van der Waals surface area contributed by atoms with Gasteiger partial charge in [-0.25, -0.2) is 0 Å². The van der Waals surface area contributed by atoms with Crippen molar-refractivity contribution in [1.82, 2.24) is 4.57 Å². The van der Waals surface area contributed by atoms with E-state index in [9.17, 15) is 0 Å². The lowest BCUT2D eigenvalue weighted by molar-refractivity contribution is 0.568. The fraction of sp³-hybridized carbons (Fsp3) is 0.250. The predicted octanol–water partition coefficient (Wildman–Crippen LogP) is 9.70. The predicted molar refractivity (Wildman–Crippen MR) is 149 cm³/mol. The van der Waals surface area contributed by atoms with Gasteiger partial charge in [-0.1, -0.05) is 95.6 Å². The molecule has 2 heteroatoms. The minimum absolute atomic E-state index is 0.0660. The molecule has 0 unspecified atom stereocenters. The number of fused-ring (bicyclic) bond motifs is 3. The van der Waals surface area contributed by atoms with Crippen LogP contribution in [0.3, 0.4) is 0 Å². The van der Waals surface area contributed by atoms with E-state index in [-0.39, 0.29) is 10.8 Å². The van der Waals surface area contributed by atoms with Gasteiger partial charge in [0.15, 0.2) is 0 Å². The van der Waals surface area contributed by atoms with Crippen LogP contribution < -0.4 is 0 Å². The summed E-state index contributed by atoms with van der Waals surface area (Å²) in [4.78, 5) is 0. The van der Waals surface area contributed by atoms with Crippen molar-refractivity contribution in [1.29, 1.82) is 0 Å². The molecular weight excluding hydrogens is 434 g/mol. The smallest absolute Gasteiger partial charge is 0.0541 e. The van der Waals surface area contributed by atoms with Gasteiger partial charge in [-0.3, -0.25) is 0 Å². The lowest BCUT2D eigenvalue weighted by Gasteiger charge is -2.26. The van der Waals surface area contributed by atoms with Crippen molar-refractivity contribution in [2.24, 2.45) is 0 Å². The molecule has 0 N–H and O–H groups in total. The first-order valence-electron chi connectivity index (χ1n) is 12.0. The molecule has 0 radical (unpaired) electrons. The number of benzene rings is 4. The molecule has 0 amide bonds. The summed E-state index contributed by atoms with van der Waals surface area (Å²) in [7, 11) is 0. The SMILES string of the molecule is CC(C)(C)c1cc(-n2c3ccccc3c3cc(-c4ccc(Cl)cc4)ccc32)cc(C(C)(C)C)c1. The summed E-state index contributed by atoms with van der Waals surface area (Å²) >= 11 is 6.13. The molecule has 5 aromatic rings. The summed E-state index contributed by atoms with van der Waals surface area (Å²) < 4.78 is 2.43. The van der Waals surface area contributed by atoms with E-state index < -0.39 is 0 Å². The van der Waals surface area contributed by atoms with Crippen LogP contribution in [0.2, 0.25) is 5.02 Å². The van der Waals surface area contributed by atoms with E-state index in [4.69, 9.17) is 11.6 Å². The van der Waals surface area contributed by atoms with Crippen molar-refractivity contribution < 1.29 is 0 Å². The molecule has 1 nitrogen and oxygen atoms in total. The molecule has 0 aliphatic rings. The summed E-state index contributed by atoms with van der Waals surface area (Å²) in [5.74, 6) is 0. The maximum atomic E-state index is 6.13. The summed E-state index contributed by atoms with van der Waals surface area (Å²) in [6.45, 7) is 13.8. The van der Waals surface area contributed by atoms with E-state index in [0.717, 1.165) is 5.02 Å². The molecule has 0 spiro atoms. The van der Waals surface area contributed by atoms with E-state index in [0.29, 0.717) is 0 Å². The van der Waals surface area contributed by atoms with Crippen LogP contribution in [0, 0.1) is 0 Å². The average Bonchev–Trinajstić information content (AvgIpc) is 3.12. The second kappa shape index (κ2) is 8.03. The molecule has 0 fully saturated rings. The first kappa shape index (κ1) is 22.7. The van der Waals surface area contributed by atoms with Gasteiger partial charge in [0.25, 0.3) is 0 Å². The van der Waals surface area contributed by atoms with Crippen LogP contribution in [0.4, 0.5) is 0 Å². The molecule has 172 valence electrons. The van der Waals surface area contributed by atoms with Gasteiger partial charge < -0.3 is 4.57 Å². The number of halogens is 1. The number of para-hydroxylation sites is 1. The maximum Gasteiger partial charge on any atom is 0.0541 e. The second-order valence-electron chi connectivity index (χ2n) is 11.4. The van der Waals surface area contributed by atoms with Crippen molar-refractivity contribution in [2.75, 3.05) is 0 Å². The van der Waals surface area contributed by atoms with Gasteiger partial charge in [0, 0.05) is 21.5 Å². The molecule has 1 heterocycles. The number of rotatable bonds is 2. The molecule has 1 aromatic heterocycles. The maximum absolute atomic E-state index is 6.13. The fourth-order valence-corrected chi connectivity index (χ4v) is 4.81. The Morgan fingerprint density at radius 2 is 1.12 bits per heavy atom. The Kier molecular flexibility index (Phi) is 5.37. The number of nitrogens with zero attached hydrogens (tertiary/aromatic N) is 1. The summed E-state index contributed by atoms with van der Waals surface area (Å²) in [6, 6.07) is 30.7. The molecule has 0 bridgehead atoms.